The minimum absolute atomic E-state index is 0.150. The molecule has 2 N–H and O–H groups in total. The van der Waals surface area contributed by atoms with E-state index in [2.05, 4.69) is 17.1 Å². The largest absolute Gasteiger partial charge is 0.333 e. The predicted molar refractivity (Wildman–Crippen MR) is 63.2 cm³/mol. The molecule has 6 nitrogen and oxygen atoms in total. The van der Waals surface area contributed by atoms with Gasteiger partial charge in [-0.15, -0.1) is 10.2 Å². The van der Waals surface area contributed by atoms with Crippen LogP contribution >= 0.6 is 0 Å². The van der Waals surface area contributed by atoms with Gasteiger partial charge in [0.2, 0.25) is 5.91 Å². The van der Waals surface area contributed by atoms with E-state index in [9.17, 15) is 4.79 Å². The molecule has 1 aromatic heterocycles. The van der Waals surface area contributed by atoms with Gasteiger partial charge in [0.15, 0.2) is 5.82 Å². The average molecular weight is 237 g/mol. The molecule has 1 amide bonds. The van der Waals surface area contributed by atoms with Gasteiger partial charge in [-0.25, -0.2) is 0 Å². The summed E-state index contributed by atoms with van der Waals surface area (Å²) < 4.78 is 1.93. The van der Waals surface area contributed by atoms with Crippen LogP contribution in [0.15, 0.2) is 0 Å². The maximum atomic E-state index is 12.2. The Morgan fingerprint density at radius 2 is 2.24 bits per heavy atom. The quantitative estimate of drug-likeness (QED) is 0.805. The van der Waals surface area contributed by atoms with Crippen LogP contribution in [-0.4, -0.2) is 38.7 Å². The van der Waals surface area contributed by atoms with Gasteiger partial charge in [-0.3, -0.25) is 4.79 Å². The topological polar surface area (TPSA) is 77.0 Å². The lowest BCUT2D eigenvalue weighted by atomic mass is 10.2. The lowest BCUT2D eigenvalue weighted by Crippen LogP contribution is -2.42. The van der Waals surface area contributed by atoms with Gasteiger partial charge in [-0.2, -0.15) is 0 Å². The second kappa shape index (κ2) is 4.83. The van der Waals surface area contributed by atoms with Crippen molar-refractivity contribution in [2.45, 2.75) is 39.3 Å². The van der Waals surface area contributed by atoms with Crippen molar-refractivity contribution in [2.24, 2.45) is 5.73 Å². The van der Waals surface area contributed by atoms with Crippen LogP contribution in [0.3, 0.4) is 0 Å². The molecule has 1 atom stereocenters. The first kappa shape index (κ1) is 12.0. The Kier molecular flexibility index (Phi) is 3.42. The van der Waals surface area contributed by atoms with Gasteiger partial charge >= 0.3 is 0 Å². The number of rotatable bonds is 4. The molecule has 0 bridgehead atoms. The first-order valence-corrected chi connectivity index (χ1v) is 6.10. The van der Waals surface area contributed by atoms with Crippen molar-refractivity contribution in [1.29, 1.82) is 0 Å². The van der Waals surface area contributed by atoms with Crippen LogP contribution in [-0.2, 0) is 17.8 Å². The van der Waals surface area contributed by atoms with Crippen molar-refractivity contribution >= 4 is 5.91 Å². The van der Waals surface area contributed by atoms with Gasteiger partial charge in [-0.1, -0.05) is 6.92 Å². The zero-order chi connectivity index (χ0) is 12.4. The number of nitrogens with zero attached hydrogens (tertiary/aromatic N) is 4. The molecule has 0 saturated carbocycles. The molecule has 0 unspecified atom stereocenters. The zero-order valence-electron chi connectivity index (χ0n) is 10.4. The number of hydrogen-bond donors (Lipinski definition) is 1. The molecular weight excluding hydrogens is 218 g/mol. The molecule has 0 aromatic carbocycles. The first-order chi connectivity index (χ1) is 8.19. The maximum absolute atomic E-state index is 12.2. The van der Waals surface area contributed by atoms with E-state index in [-0.39, 0.29) is 11.9 Å². The van der Waals surface area contributed by atoms with Crippen molar-refractivity contribution in [3.63, 3.8) is 0 Å². The van der Waals surface area contributed by atoms with E-state index in [1.54, 1.807) is 0 Å². The summed E-state index contributed by atoms with van der Waals surface area (Å²) in [6.45, 7) is 5.84. The Bertz CT molecular complexity index is 414. The van der Waals surface area contributed by atoms with Crippen molar-refractivity contribution in [3.8, 4) is 0 Å². The van der Waals surface area contributed by atoms with E-state index in [0.717, 1.165) is 24.6 Å². The van der Waals surface area contributed by atoms with Gasteiger partial charge in [0, 0.05) is 13.0 Å². The molecule has 2 heterocycles. The molecule has 0 saturated heterocycles. The van der Waals surface area contributed by atoms with Crippen molar-refractivity contribution < 1.29 is 4.79 Å². The molecule has 6 heteroatoms. The van der Waals surface area contributed by atoms with E-state index in [1.807, 2.05) is 16.4 Å². The van der Waals surface area contributed by atoms with Gasteiger partial charge in [0.1, 0.15) is 11.9 Å². The molecule has 1 aliphatic heterocycles. The highest BCUT2D eigenvalue weighted by atomic mass is 16.2. The van der Waals surface area contributed by atoms with Crippen molar-refractivity contribution in [3.05, 3.63) is 11.6 Å². The van der Waals surface area contributed by atoms with Crippen LogP contribution in [0.25, 0.3) is 0 Å². The van der Waals surface area contributed by atoms with Gasteiger partial charge in [-0.05, 0) is 19.9 Å². The Labute approximate surface area is 101 Å². The molecule has 0 aliphatic carbocycles. The summed E-state index contributed by atoms with van der Waals surface area (Å²) in [4.78, 5) is 14.0. The lowest BCUT2D eigenvalue weighted by molar-refractivity contribution is -0.137. The third-order valence-electron chi connectivity index (χ3n) is 3.09. The van der Waals surface area contributed by atoms with Crippen LogP contribution in [0.5, 0.6) is 0 Å². The van der Waals surface area contributed by atoms with E-state index in [1.165, 1.54) is 0 Å². The number of fused-ring (bicyclic) bond motifs is 1. The number of carbonyl (C=O) groups is 1. The SMILES string of the molecule is CCCN1Cc2nnc(CCN)n2[C@@H](C)C1=O. The summed E-state index contributed by atoms with van der Waals surface area (Å²) in [5, 5.41) is 8.28. The predicted octanol–water partition coefficient (Wildman–Crippen LogP) is 0.0925. The van der Waals surface area contributed by atoms with Crippen molar-refractivity contribution in [1.82, 2.24) is 19.7 Å². The van der Waals surface area contributed by atoms with Crippen LogP contribution < -0.4 is 5.73 Å². The second-order valence-electron chi connectivity index (χ2n) is 4.38. The second-order valence-corrected chi connectivity index (χ2v) is 4.38. The van der Waals surface area contributed by atoms with E-state index in [0.29, 0.717) is 19.5 Å². The minimum Gasteiger partial charge on any atom is -0.333 e. The third-order valence-corrected chi connectivity index (χ3v) is 3.09. The summed E-state index contributed by atoms with van der Waals surface area (Å²) in [6, 6.07) is -0.207. The van der Waals surface area contributed by atoms with Crippen LogP contribution in [0, 0.1) is 0 Å². The van der Waals surface area contributed by atoms with Crippen LogP contribution in [0.4, 0.5) is 0 Å². The number of nitrogens with two attached hydrogens (primary N) is 1. The van der Waals surface area contributed by atoms with Gasteiger partial charge < -0.3 is 15.2 Å². The fourth-order valence-corrected chi connectivity index (χ4v) is 2.30. The average Bonchev–Trinajstić information content (AvgIpc) is 2.70. The fourth-order valence-electron chi connectivity index (χ4n) is 2.30. The van der Waals surface area contributed by atoms with E-state index >= 15 is 0 Å². The lowest BCUT2D eigenvalue weighted by Gasteiger charge is -2.31. The Hall–Kier alpha value is -1.43. The molecule has 94 valence electrons. The Balaban J connectivity index is 2.30. The Morgan fingerprint density at radius 3 is 2.88 bits per heavy atom. The fraction of sp³-hybridized carbons (Fsp3) is 0.727. The summed E-state index contributed by atoms with van der Waals surface area (Å²) in [7, 11) is 0. The number of hydrogen-bond acceptors (Lipinski definition) is 4. The van der Waals surface area contributed by atoms with Crippen molar-refractivity contribution in [2.75, 3.05) is 13.1 Å². The molecule has 1 aromatic rings. The molecule has 2 rings (SSSR count). The highest BCUT2D eigenvalue weighted by Crippen LogP contribution is 2.22. The minimum atomic E-state index is -0.207. The number of amides is 1. The Morgan fingerprint density at radius 1 is 1.47 bits per heavy atom. The summed E-state index contributed by atoms with van der Waals surface area (Å²) >= 11 is 0. The molecule has 0 fully saturated rings. The molecule has 1 aliphatic rings. The molecular formula is C11H19N5O. The monoisotopic (exact) mass is 237 g/mol. The van der Waals surface area contributed by atoms with Gasteiger partial charge in [0.05, 0.1) is 6.54 Å². The number of carbonyl (C=O) groups excluding carboxylic acids is 1. The smallest absolute Gasteiger partial charge is 0.245 e. The molecule has 0 radical (unpaired) electrons. The van der Waals surface area contributed by atoms with E-state index < -0.39 is 0 Å². The highest BCUT2D eigenvalue weighted by molar-refractivity contribution is 5.81. The normalized spacial score (nSPS) is 19.6. The molecule has 0 spiro atoms. The zero-order valence-corrected chi connectivity index (χ0v) is 10.4. The standard InChI is InChI=1S/C11H19N5O/c1-3-6-15-7-10-14-13-9(4-5-12)16(10)8(2)11(15)17/h8H,3-7,12H2,1-2H3/t8-/m0/s1. The van der Waals surface area contributed by atoms with Gasteiger partial charge in [0.25, 0.3) is 0 Å². The molecule has 17 heavy (non-hydrogen) atoms. The summed E-state index contributed by atoms with van der Waals surface area (Å²) in [5.74, 6) is 1.84. The summed E-state index contributed by atoms with van der Waals surface area (Å²) in [6.07, 6.45) is 1.63. The highest BCUT2D eigenvalue weighted by Gasteiger charge is 2.32. The first-order valence-electron chi connectivity index (χ1n) is 6.10. The maximum Gasteiger partial charge on any atom is 0.245 e. The van der Waals surface area contributed by atoms with Crippen LogP contribution in [0.1, 0.15) is 38.0 Å². The van der Waals surface area contributed by atoms with Crippen LogP contribution in [0.2, 0.25) is 0 Å². The third kappa shape index (κ3) is 2.04. The summed E-state index contributed by atoms with van der Waals surface area (Å²) in [5.41, 5.74) is 5.53. The number of aromatic nitrogens is 3. The van der Waals surface area contributed by atoms with E-state index in [4.69, 9.17) is 5.73 Å².